The highest BCUT2D eigenvalue weighted by Crippen LogP contribution is 2.21. The number of amides is 1. The molecule has 0 aromatic heterocycles. The van der Waals surface area contributed by atoms with E-state index >= 15 is 0 Å². The Labute approximate surface area is 152 Å². The van der Waals surface area contributed by atoms with Crippen LogP contribution >= 0.6 is 0 Å². The number of carbonyl (C=O) groups is 2. The van der Waals surface area contributed by atoms with Gasteiger partial charge in [0.1, 0.15) is 5.82 Å². The van der Waals surface area contributed by atoms with Crippen molar-refractivity contribution < 1.29 is 27.5 Å². The van der Waals surface area contributed by atoms with Crippen LogP contribution in [-0.2, 0) is 19.6 Å². The van der Waals surface area contributed by atoms with E-state index in [-0.39, 0.29) is 36.2 Å². The fourth-order valence-electron chi connectivity index (χ4n) is 3.05. The van der Waals surface area contributed by atoms with E-state index in [1.165, 1.54) is 0 Å². The minimum absolute atomic E-state index is 0.00560. The Kier molecular flexibility index (Phi) is 7.10. The molecule has 26 heavy (non-hydrogen) atoms. The molecule has 2 N–H and O–H groups in total. The summed E-state index contributed by atoms with van der Waals surface area (Å²) in [5, 5.41) is 8.82. The number of carbonyl (C=O) groups excluding carboxylic acids is 1. The number of carboxylic acid groups (broad SMARTS) is 1. The molecular weight excluding hydrogens is 363 g/mol. The number of piperidine rings is 1. The molecule has 0 bridgehead atoms. The van der Waals surface area contributed by atoms with E-state index in [9.17, 15) is 22.4 Å². The standard InChI is InChI=1S/C17H23FN2O5S/c18-13-4-7-15(8-5-13)26(24,25)19-11-10-16(21)20-12-2-1-3-14(20)6-9-17(22)23/h4-5,7-8,14,19H,1-3,6,9-12H2,(H,22,23). The molecule has 0 saturated carbocycles. The number of nitrogens with zero attached hydrogens (tertiary/aromatic N) is 1. The van der Waals surface area contributed by atoms with Crippen LogP contribution in [0.15, 0.2) is 29.2 Å². The van der Waals surface area contributed by atoms with Gasteiger partial charge in [0.2, 0.25) is 15.9 Å². The number of hydrogen-bond donors (Lipinski definition) is 2. The van der Waals surface area contributed by atoms with Crippen LogP contribution in [0.25, 0.3) is 0 Å². The Morgan fingerprint density at radius 3 is 2.54 bits per heavy atom. The average molecular weight is 386 g/mol. The first kappa shape index (κ1) is 20.3. The quantitative estimate of drug-likeness (QED) is 0.708. The number of rotatable bonds is 8. The lowest BCUT2D eigenvalue weighted by Crippen LogP contribution is -2.45. The van der Waals surface area contributed by atoms with Crippen LogP contribution in [0.4, 0.5) is 4.39 Å². The van der Waals surface area contributed by atoms with Crippen molar-refractivity contribution in [3.8, 4) is 0 Å². The molecule has 1 fully saturated rings. The lowest BCUT2D eigenvalue weighted by atomic mass is 9.97. The van der Waals surface area contributed by atoms with Gasteiger partial charge in [0, 0.05) is 32.0 Å². The molecule has 1 aromatic carbocycles. The van der Waals surface area contributed by atoms with Gasteiger partial charge in [-0.1, -0.05) is 0 Å². The van der Waals surface area contributed by atoms with Crippen molar-refractivity contribution in [2.75, 3.05) is 13.1 Å². The third kappa shape index (κ3) is 5.77. The van der Waals surface area contributed by atoms with Crippen LogP contribution < -0.4 is 4.72 Å². The topological polar surface area (TPSA) is 104 Å². The molecule has 0 aliphatic carbocycles. The number of halogens is 1. The molecule has 7 nitrogen and oxygen atoms in total. The molecule has 9 heteroatoms. The van der Waals surface area contributed by atoms with E-state index < -0.39 is 21.8 Å². The zero-order chi connectivity index (χ0) is 19.2. The van der Waals surface area contributed by atoms with Gasteiger partial charge >= 0.3 is 5.97 Å². The van der Waals surface area contributed by atoms with Crippen molar-refractivity contribution in [2.24, 2.45) is 0 Å². The molecule has 1 aromatic rings. The van der Waals surface area contributed by atoms with E-state index in [0.717, 1.165) is 43.5 Å². The first-order valence-corrected chi connectivity index (χ1v) is 10.0. The van der Waals surface area contributed by atoms with Crippen molar-refractivity contribution in [3.05, 3.63) is 30.1 Å². The SMILES string of the molecule is O=C(O)CCC1CCCCN1C(=O)CCNS(=O)(=O)c1ccc(F)cc1. The summed E-state index contributed by atoms with van der Waals surface area (Å²) < 4.78 is 39.5. The van der Waals surface area contributed by atoms with Gasteiger partial charge in [0.15, 0.2) is 0 Å². The maximum atomic E-state index is 12.9. The summed E-state index contributed by atoms with van der Waals surface area (Å²) in [5.41, 5.74) is 0. The Balaban J connectivity index is 1.88. The molecule has 1 aliphatic heterocycles. The van der Waals surface area contributed by atoms with Gasteiger partial charge in [-0.05, 0) is 49.9 Å². The zero-order valence-electron chi connectivity index (χ0n) is 14.4. The average Bonchev–Trinajstić information content (AvgIpc) is 2.60. The fourth-order valence-corrected chi connectivity index (χ4v) is 4.08. The second-order valence-corrected chi connectivity index (χ2v) is 8.04. The third-order valence-corrected chi connectivity index (χ3v) is 5.87. The molecule has 0 radical (unpaired) electrons. The Morgan fingerprint density at radius 2 is 1.88 bits per heavy atom. The Morgan fingerprint density at radius 1 is 1.19 bits per heavy atom. The van der Waals surface area contributed by atoms with Gasteiger partial charge in [-0.2, -0.15) is 0 Å². The monoisotopic (exact) mass is 386 g/mol. The number of sulfonamides is 1. The zero-order valence-corrected chi connectivity index (χ0v) is 15.2. The molecule has 144 valence electrons. The van der Waals surface area contributed by atoms with Gasteiger partial charge in [-0.3, -0.25) is 9.59 Å². The van der Waals surface area contributed by atoms with Gasteiger partial charge in [-0.15, -0.1) is 0 Å². The molecule has 1 aliphatic rings. The summed E-state index contributed by atoms with van der Waals surface area (Å²) in [6.07, 6.45) is 2.97. The van der Waals surface area contributed by atoms with Crippen LogP contribution in [0, 0.1) is 5.82 Å². The minimum Gasteiger partial charge on any atom is -0.481 e. The number of aliphatic carboxylic acids is 1. The minimum atomic E-state index is -3.80. The van der Waals surface area contributed by atoms with E-state index in [1.54, 1.807) is 4.90 Å². The van der Waals surface area contributed by atoms with Gasteiger partial charge < -0.3 is 10.0 Å². The van der Waals surface area contributed by atoms with E-state index in [1.807, 2.05) is 0 Å². The largest absolute Gasteiger partial charge is 0.481 e. The maximum Gasteiger partial charge on any atom is 0.303 e. The summed E-state index contributed by atoms with van der Waals surface area (Å²) >= 11 is 0. The highest BCUT2D eigenvalue weighted by atomic mass is 32.2. The smallest absolute Gasteiger partial charge is 0.303 e. The van der Waals surface area contributed by atoms with Crippen LogP contribution in [0.2, 0.25) is 0 Å². The van der Waals surface area contributed by atoms with Gasteiger partial charge in [0.05, 0.1) is 4.90 Å². The highest BCUT2D eigenvalue weighted by Gasteiger charge is 2.27. The summed E-state index contributed by atoms with van der Waals surface area (Å²) in [4.78, 5) is 24.8. The number of benzene rings is 1. The first-order valence-electron chi connectivity index (χ1n) is 8.56. The van der Waals surface area contributed by atoms with Crippen molar-refractivity contribution in [1.29, 1.82) is 0 Å². The third-order valence-electron chi connectivity index (χ3n) is 4.39. The molecule has 2 rings (SSSR count). The van der Waals surface area contributed by atoms with E-state index in [0.29, 0.717) is 13.0 Å². The van der Waals surface area contributed by atoms with Crippen molar-refractivity contribution in [1.82, 2.24) is 9.62 Å². The molecule has 1 amide bonds. The van der Waals surface area contributed by atoms with Crippen LogP contribution in [-0.4, -0.2) is 49.4 Å². The van der Waals surface area contributed by atoms with Crippen molar-refractivity contribution >= 4 is 21.9 Å². The number of likely N-dealkylation sites (tertiary alicyclic amines) is 1. The number of carboxylic acids is 1. The lowest BCUT2D eigenvalue weighted by molar-refractivity contribution is -0.140. The van der Waals surface area contributed by atoms with E-state index in [4.69, 9.17) is 5.11 Å². The predicted molar refractivity (Wildman–Crippen MR) is 92.4 cm³/mol. The lowest BCUT2D eigenvalue weighted by Gasteiger charge is -2.35. The normalized spacial score (nSPS) is 17.9. The fraction of sp³-hybridized carbons (Fsp3) is 0.529. The molecule has 0 spiro atoms. The molecular formula is C17H23FN2O5S. The molecule has 1 saturated heterocycles. The summed E-state index contributed by atoms with van der Waals surface area (Å²) in [6, 6.07) is 4.32. The number of nitrogens with one attached hydrogen (secondary N) is 1. The molecule has 1 atom stereocenters. The van der Waals surface area contributed by atoms with Gasteiger partial charge in [0.25, 0.3) is 0 Å². The molecule has 1 unspecified atom stereocenters. The molecule has 1 heterocycles. The Bertz CT molecular complexity index is 736. The summed E-state index contributed by atoms with van der Waals surface area (Å²) in [5.74, 6) is -1.62. The number of hydrogen-bond acceptors (Lipinski definition) is 4. The van der Waals surface area contributed by atoms with Crippen molar-refractivity contribution in [2.45, 2.75) is 49.5 Å². The highest BCUT2D eigenvalue weighted by molar-refractivity contribution is 7.89. The van der Waals surface area contributed by atoms with Crippen LogP contribution in [0.3, 0.4) is 0 Å². The Hall–Kier alpha value is -2.00. The summed E-state index contributed by atoms with van der Waals surface area (Å²) in [6.45, 7) is 0.495. The first-order chi connectivity index (χ1) is 12.3. The summed E-state index contributed by atoms with van der Waals surface area (Å²) in [7, 11) is -3.80. The van der Waals surface area contributed by atoms with Crippen molar-refractivity contribution in [3.63, 3.8) is 0 Å². The van der Waals surface area contributed by atoms with E-state index in [2.05, 4.69) is 4.72 Å². The van der Waals surface area contributed by atoms with Crippen LogP contribution in [0.1, 0.15) is 38.5 Å². The predicted octanol–water partition coefficient (Wildman–Crippen LogP) is 1.74. The van der Waals surface area contributed by atoms with Crippen LogP contribution in [0.5, 0.6) is 0 Å². The second kappa shape index (κ2) is 9.09. The second-order valence-electron chi connectivity index (χ2n) is 6.27. The maximum absolute atomic E-state index is 12.9. The van der Waals surface area contributed by atoms with Gasteiger partial charge in [-0.25, -0.2) is 17.5 Å².